The van der Waals surface area contributed by atoms with E-state index in [0.29, 0.717) is 36.0 Å². The van der Waals surface area contributed by atoms with Crippen molar-refractivity contribution in [3.63, 3.8) is 0 Å². The molecule has 1 N–H and O–H groups in total. The Kier molecular flexibility index (Phi) is 11.8. The Balaban J connectivity index is 1.35. The van der Waals surface area contributed by atoms with Gasteiger partial charge in [-0.15, -0.1) is 0 Å². The highest BCUT2D eigenvalue weighted by molar-refractivity contribution is 7.87. The van der Waals surface area contributed by atoms with Gasteiger partial charge in [-0.25, -0.2) is 14.7 Å². The third-order valence-electron chi connectivity index (χ3n) is 10.5. The number of ether oxygens (including phenoxy) is 2. The maximum absolute atomic E-state index is 14.6. The van der Waals surface area contributed by atoms with E-state index in [-0.39, 0.29) is 49.3 Å². The molecular weight excluding hydrogens is 723 g/mol. The lowest BCUT2D eigenvalue weighted by Crippen LogP contribution is -2.47. The molecule has 0 unspecified atom stereocenters. The summed E-state index contributed by atoms with van der Waals surface area (Å²) in [5.41, 5.74) is 0.532. The summed E-state index contributed by atoms with van der Waals surface area (Å²) in [6.45, 7) is 5.34. The van der Waals surface area contributed by atoms with Crippen LogP contribution in [0.5, 0.6) is 5.88 Å². The van der Waals surface area contributed by atoms with Gasteiger partial charge in [0, 0.05) is 38.4 Å². The van der Waals surface area contributed by atoms with Crippen molar-refractivity contribution in [1.29, 1.82) is 0 Å². The lowest BCUT2D eigenvalue weighted by molar-refractivity contribution is -0.159. The van der Waals surface area contributed by atoms with Crippen LogP contribution < -0.4 is 9.46 Å². The van der Waals surface area contributed by atoms with Gasteiger partial charge in [0.25, 0.3) is 0 Å². The smallest absolute Gasteiger partial charge is 0.307 e. The predicted octanol–water partition coefficient (Wildman–Crippen LogP) is 5.40. The van der Waals surface area contributed by atoms with E-state index in [9.17, 15) is 27.6 Å². The lowest BCUT2D eigenvalue weighted by atomic mass is 9.90. The first-order valence-electron chi connectivity index (χ1n) is 19.0. The summed E-state index contributed by atoms with van der Waals surface area (Å²) in [6.07, 6.45) is 6.62. The summed E-state index contributed by atoms with van der Waals surface area (Å²) >= 11 is 0. The fourth-order valence-corrected chi connectivity index (χ4v) is 8.15. The van der Waals surface area contributed by atoms with Crippen molar-refractivity contribution < 1.29 is 37.1 Å². The van der Waals surface area contributed by atoms with Crippen molar-refractivity contribution in [2.24, 2.45) is 17.3 Å². The second-order valence-electron chi connectivity index (χ2n) is 16.1. The van der Waals surface area contributed by atoms with Gasteiger partial charge in [-0.1, -0.05) is 67.5 Å². The van der Waals surface area contributed by atoms with Gasteiger partial charge in [-0.2, -0.15) is 12.7 Å². The quantitative estimate of drug-likeness (QED) is 0.232. The van der Waals surface area contributed by atoms with Crippen LogP contribution in [0.4, 0.5) is 0 Å². The molecule has 0 bridgehead atoms. The highest BCUT2D eigenvalue weighted by Crippen LogP contribution is 2.57. The third-order valence-corrected chi connectivity index (χ3v) is 11.9. The second kappa shape index (κ2) is 16.2. The number of para-hydroxylation sites is 2. The molecule has 1 saturated heterocycles. The molecule has 2 fully saturated rings. The van der Waals surface area contributed by atoms with Crippen LogP contribution >= 0.6 is 0 Å². The number of carbonyl (C=O) groups is 4. The van der Waals surface area contributed by atoms with Gasteiger partial charge in [0.1, 0.15) is 17.4 Å². The molecule has 0 radical (unpaired) electrons. The Bertz CT molecular complexity index is 2070. The third kappa shape index (κ3) is 9.41. The number of benzene rings is 2. The normalized spacial score (nSPS) is 25.7. The van der Waals surface area contributed by atoms with Crippen molar-refractivity contribution in [3.05, 3.63) is 66.7 Å². The van der Waals surface area contributed by atoms with E-state index in [0.717, 1.165) is 29.1 Å². The predicted molar refractivity (Wildman–Crippen MR) is 207 cm³/mol. The van der Waals surface area contributed by atoms with E-state index in [1.54, 1.807) is 20.8 Å². The van der Waals surface area contributed by atoms with Gasteiger partial charge < -0.3 is 14.4 Å². The molecule has 3 aromatic rings. The SMILES string of the molecule is CN(C)S(=O)(=O)NC(=O)[C@]12CC(=O)[C@@H]3C[C@@H](Oc4nc5ccccc5nc4-c4ccccc4)CN3C(=O)[C@@H](CC(=O)OC(C)(C)C)CCCCC/C=C\[C@H]1C2. The summed E-state index contributed by atoms with van der Waals surface area (Å²) in [5.74, 6) is -2.85. The molecule has 6 rings (SSSR count). The average molecular weight is 774 g/mol. The van der Waals surface area contributed by atoms with Crippen molar-refractivity contribution in [2.45, 2.75) is 96.3 Å². The van der Waals surface area contributed by atoms with E-state index < -0.39 is 51.2 Å². The van der Waals surface area contributed by atoms with Gasteiger partial charge in [0.2, 0.25) is 17.7 Å². The van der Waals surface area contributed by atoms with Crippen LogP contribution in [0.1, 0.15) is 78.6 Å². The van der Waals surface area contributed by atoms with Crippen molar-refractivity contribution in [1.82, 2.24) is 23.9 Å². The number of hydrogen-bond donors (Lipinski definition) is 1. The molecule has 13 nitrogen and oxygen atoms in total. The number of hydrogen-bond acceptors (Lipinski definition) is 10. The molecular formula is C41H51N5O8S. The number of allylic oxidation sites excluding steroid dienone is 2. The zero-order valence-corrected chi connectivity index (χ0v) is 33.0. The molecule has 55 heavy (non-hydrogen) atoms. The highest BCUT2D eigenvalue weighted by Gasteiger charge is 2.61. The van der Waals surface area contributed by atoms with E-state index >= 15 is 0 Å². The number of rotatable bonds is 8. The maximum atomic E-state index is 14.6. The summed E-state index contributed by atoms with van der Waals surface area (Å²) in [7, 11) is -1.49. The van der Waals surface area contributed by atoms with Crippen molar-refractivity contribution in [2.75, 3.05) is 20.6 Å². The summed E-state index contributed by atoms with van der Waals surface area (Å²) in [4.78, 5) is 67.3. The number of ketones is 1. The first kappa shape index (κ1) is 40.0. The maximum Gasteiger partial charge on any atom is 0.307 e. The Morgan fingerprint density at radius 1 is 0.982 bits per heavy atom. The van der Waals surface area contributed by atoms with Gasteiger partial charge in [-0.3, -0.25) is 19.2 Å². The Morgan fingerprint density at radius 3 is 2.36 bits per heavy atom. The Hall–Kier alpha value is -4.69. The largest absolute Gasteiger partial charge is 0.471 e. The van der Waals surface area contributed by atoms with E-state index in [4.69, 9.17) is 19.4 Å². The lowest BCUT2D eigenvalue weighted by Gasteiger charge is -2.29. The van der Waals surface area contributed by atoms with Crippen LogP contribution in [0.3, 0.4) is 0 Å². The van der Waals surface area contributed by atoms with Crippen LogP contribution in [0.25, 0.3) is 22.3 Å². The molecule has 2 aromatic carbocycles. The van der Waals surface area contributed by atoms with E-state index in [1.807, 2.05) is 66.7 Å². The molecule has 3 heterocycles. The molecule has 1 aromatic heterocycles. The van der Waals surface area contributed by atoms with Crippen LogP contribution in [0.2, 0.25) is 0 Å². The summed E-state index contributed by atoms with van der Waals surface area (Å²) in [5, 5.41) is 0. The molecule has 2 amide bonds. The number of esters is 1. The average Bonchev–Trinajstić information content (AvgIpc) is 3.66. The number of nitrogens with one attached hydrogen (secondary N) is 1. The van der Waals surface area contributed by atoms with Crippen LogP contribution in [0.15, 0.2) is 66.7 Å². The van der Waals surface area contributed by atoms with Gasteiger partial charge in [-0.05, 0) is 64.5 Å². The van der Waals surface area contributed by atoms with Gasteiger partial charge in [0.15, 0.2) is 5.78 Å². The molecule has 1 saturated carbocycles. The standard InChI is InChI=1S/C41H51N5O8S/c1-40(2,3)54-35(48)22-28-18-10-7-6-8-13-19-29-24-41(29,39(50)44-55(51,52)45(4)5)25-34(47)33-23-30(26-46(33)38(28)49)53-37-36(27-16-11-9-12-17-27)42-31-20-14-15-21-32(31)43-37/h9,11-17,19-21,28-30,33H,6-8,10,18,22-26H2,1-5H3,(H,44,50)/b19-13-/t28-,29+,30-,33+,41-/m1/s1. The Labute approximate surface area is 323 Å². The number of fused-ring (bicyclic) bond motifs is 3. The fraction of sp³-hybridized carbons (Fsp3) is 0.512. The molecule has 2 aliphatic heterocycles. The van der Waals surface area contributed by atoms with Crippen molar-refractivity contribution in [3.8, 4) is 17.1 Å². The second-order valence-corrected chi connectivity index (χ2v) is 18.0. The highest BCUT2D eigenvalue weighted by atomic mass is 32.2. The molecule has 5 atom stereocenters. The molecule has 14 heteroatoms. The fourth-order valence-electron chi connectivity index (χ4n) is 7.53. The molecule has 1 aliphatic carbocycles. The minimum Gasteiger partial charge on any atom is -0.471 e. The van der Waals surface area contributed by atoms with Crippen molar-refractivity contribution >= 4 is 44.8 Å². The molecule has 294 valence electrons. The zero-order chi connectivity index (χ0) is 39.5. The van der Waals surface area contributed by atoms with E-state index in [1.165, 1.54) is 19.0 Å². The number of carbonyl (C=O) groups excluding carboxylic acids is 4. The topological polar surface area (TPSA) is 165 Å². The monoisotopic (exact) mass is 773 g/mol. The number of amides is 2. The number of Topliss-reactive ketones (excluding diaryl/α,β-unsaturated/α-hetero) is 1. The number of aromatic nitrogens is 2. The summed E-state index contributed by atoms with van der Waals surface area (Å²) in [6, 6.07) is 15.9. The van der Waals surface area contributed by atoms with Gasteiger partial charge >= 0.3 is 16.2 Å². The minimum absolute atomic E-state index is 0.0281. The van der Waals surface area contributed by atoms with E-state index in [2.05, 4.69) is 4.72 Å². The number of nitrogens with zero attached hydrogens (tertiary/aromatic N) is 4. The molecule has 0 spiro atoms. The zero-order valence-electron chi connectivity index (χ0n) is 32.2. The first-order chi connectivity index (χ1) is 26.1. The van der Waals surface area contributed by atoms with Crippen LogP contribution in [-0.4, -0.2) is 89.5 Å². The first-order valence-corrected chi connectivity index (χ1v) is 20.5. The summed E-state index contributed by atoms with van der Waals surface area (Å²) < 4.78 is 40.8. The van der Waals surface area contributed by atoms with Gasteiger partial charge in [0.05, 0.1) is 35.5 Å². The molecule has 3 aliphatic rings. The van der Waals surface area contributed by atoms with Crippen LogP contribution in [-0.2, 0) is 34.1 Å². The van der Waals surface area contributed by atoms with Crippen LogP contribution in [0, 0.1) is 17.3 Å². The minimum atomic E-state index is -4.13. The Morgan fingerprint density at radius 2 is 1.67 bits per heavy atom.